The molecular weight excluding hydrogens is 110 g/mol. The summed E-state index contributed by atoms with van der Waals surface area (Å²) in [6.45, 7) is 2.16. The van der Waals surface area contributed by atoms with E-state index < -0.39 is 0 Å². The molecule has 0 spiro atoms. The van der Waals surface area contributed by atoms with Gasteiger partial charge in [-0.05, 0) is 43.9 Å². The first-order valence-electron chi connectivity index (χ1n) is 4.03. The lowest BCUT2D eigenvalue weighted by Crippen LogP contribution is -2.28. The molecule has 0 saturated heterocycles. The van der Waals surface area contributed by atoms with E-state index >= 15 is 0 Å². The highest BCUT2D eigenvalue weighted by atomic mass is 14.7. The molecule has 0 aromatic rings. The quantitative estimate of drug-likeness (QED) is 0.563. The van der Waals surface area contributed by atoms with Gasteiger partial charge in [-0.3, -0.25) is 0 Å². The van der Waals surface area contributed by atoms with Crippen LogP contribution in [0.5, 0.6) is 0 Å². The van der Waals surface area contributed by atoms with Crippen molar-refractivity contribution in [3.05, 3.63) is 0 Å². The van der Waals surface area contributed by atoms with Crippen LogP contribution in [0.3, 0.4) is 0 Å². The third-order valence-electron chi connectivity index (χ3n) is 3.16. The summed E-state index contributed by atoms with van der Waals surface area (Å²) in [6.07, 6.45) is 4.42. The average molecular weight is 125 g/mol. The lowest BCUT2D eigenvalue weighted by molar-refractivity contribution is 0.261. The fraction of sp³-hybridized carbons (Fsp3) is 1.00. The summed E-state index contributed by atoms with van der Waals surface area (Å²) < 4.78 is 0. The van der Waals surface area contributed by atoms with Crippen molar-refractivity contribution < 1.29 is 0 Å². The molecule has 1 heteroatoms. The second-order valence-corrected chi connectivity index (χ2v) is 3.86. The maximum atomic E-state index is 5.81. The molecule has 0 aliphatic heterocycles. The van der Waals surface area contributed by atoms with Crippen LogP contribution in [0.4, 0.5) is 0 Å². The molecule has 3 rings (SSSR count). The third-order valence-corrected chi connectivity index (χ3v) is 3.16. The predicted molar refractivity (Wildman–Crippen MR) is 38.0 cm³/mol. The van der Waals surface area contributed by atoms with E-state index in [2.05, 4.69) is 6.92 Å². The molecule has 3 fully saturated rings. The molecule has 3 saturated carbocycles. The van der Waals surface area contributed by atoms with Gasteiger partial charge in [0.25, 0.3) is 0 Å². The van der Waals surface area contributed by atoms with Crippen LogP contribution in [-0.2, 0) is 0 Å². The van der Waals surface area contributed by atoms with Crippen LogP contribution in [0.2, 0.25) is 0 Å². The molecular formula is C8H15N. The van der Waals surface area contributed by atoms with E-state index in [-0.39, 0.29) is 0 Å². The predicted octanol–water partition coefficient (Wildman–Crippen LogP) is 1.38. The fourth-order valence-electron chi connectivity index (χ4n) is 2.55. The minimum absolute atomic E-state index is 0.461. The van der Waals surface area contributed by atoms with Gasteiger partial charge in [0.15, 0.2) is 0 Å². The van der Waals surface area contributed by atoms with Crippen molar-refractivity contribution in [3.63, 3.8) is 0 Å². The Balaban J connectivity index is 2.00. The van der Waals surface area contributed by atoms with E-state index in [4.69, 9.17) is 5.73 Å². The number of rotatable bonds is 1. The Bertz CT molecular complexity index is 114. The van der Waals surface area contributed by atoms with Gasteiger partial charge in [0.05, 0.1) is 0 Å². The summed E-state index contributed by atoms with van der Waals surface area (Å²) in [5.41, 5.74) is 5.81. The number of hydrogen-bond acceptors (Lipinski definition) is 1. The van der Waals surface area contributed by atoms with Crippen molar-refractivity contribution in [1.82, 2.24) is 0 Å². The number of nitrogens with two attached hydrogens (primary N) is 1. The van der Waals surface area contributed by atoms with Crippen LogP contribution in [0.25, 0.3) is 0 Å². The Morgan fingerprint density at radius 2 is 2.00 bits per heavy atom. The minimum Gasteiger partial charge on any atom is -0.328 e. The van der Waals surface area contributed by atoms with Crippen LogP contribution in [-0.4, -0.2) is 6.04 Å². The summed E-state index contributed by atoms with van der Waals surface area (Å²) >= 11 is 0. The van der Waals surface area contributed by atoms with Gasteiger partial charge < -0.3 is 5.73 Å². The first kappa shape index (κ1) is 5.72. The zero-order valence-corrected chi connectivity index (χ0v) is 6.01. The monoisotopic (exact) mass is 125 g/mol. The molecule has 52 valence electrons. The van der Waals surface area contributed by atoms with E-state index in [1.165, 1.54) is 19.3 Å². The molecule has 0 radical (unpaired) electrons. The summed E-state index contributed by atoms with van der Waals surface area (Å²) in [5, 5.41) is 0. The molecule has 1 unspecified atom stereocenters. The van der Waals surface area contributed by atoms with Gasteiger partial charge in [0.2, 0.25) is 0 Å². The van der Waals surface area contributed by atoms with Crippen LogP contribution in [0.15, 0.2) is 0 Å². The van der Waals surface area contributed by atoms with Crippen molar-refractivity contribution >= 4 is 0 Å². The number of fused-ring (bicyclic) bond motifs is 1. The Morgan fingerprint density at radius 1 is 1.33 bits per heavy atom. The Labute approximate surface area is 56.6 Å². The Morgan fingerprint density at radius 3 is 2.22 bits per heavy atom. The van der Waals surface area contributed by atoms with E-state index in [1.54, 1.807) is 0 Å². The fourth-order valence-corrected chi connectivity index (χ4v) is 2.55. The van der Waals surface area contributed by atoms with Crippen LogP contribution < -0.4 is 5.73 Å². The molecule has 0 heterocycles. The Hall–Kier alpha value is -0.0400. The zero-order chi connectivity index (χ0) is 6.43. The normalized spacial score (nSPS) is 50.7. The zero-order valence-electron chi connectivity index (χ0n) is 6.01. The summed E-state index contributed by atoms with van der Waals surface area (Å²) in [4.78, 5) is 0. The molecule has 2 atom stereocenters. The van der Waals surface area contributed by atoms with Gasteiger partial charge in [0, 0.05) is 6.04 Å². The van der Waals surface area contributed by atoms with Gasteiger partial charge in [-0.15, -0.1) is 0 Å². The topological polar surface area (TPSA) is 26.0 Å². The van der Waals surface area contributed by atoms with Gasteiger partial charge in [-0.1, -0.05) is 0 Å². The van der Waals surface area contributed by atoms with Crippen molar-refractivity contribution in [2.75, 3.05) is 0 Å². The highest BCUT2D eigenvalue weighted by Gasteiger charge is 2.45. The van der Waals surface area contributed by atoms with Crippen molar-refractivity contribution in [1.29, 1.82) is 0 Å². The smallest absolute Gasteiger partial charge is 0.00415 e. The van der Waals surface area contributed by atoms with Crippen molar-refractivity contribution in [2.45, 2.75) is 32.2 Å². The first-order valence-corrected chi connectivity index (χ1v) is 4.03. The molecule has 2 N–H and O–H groups in total. The lowest BCUT2D eigenvalue weighted by Gasteiger charge is -2.25. The third kappa shape index (κ3) is 0.710. The summed E-state index contributed by atoms with van der Waals surface area (Å²) in [5.74, 6) is 2.98. The van der Waals surface area contributed by atoms with Gasteiger partial charge in [-0.25, -0.2) is 0 Å². The van der Waals surface area contributed by atoms with Crippen LogP contribution in [0, 0.1) is 17.8 Å². The maximum Gasteiger partial charge on any atom is 0.00415 e. The minimum atomic E-state index is 0.461. The second kappa shape index (κ2) is 1.72. The van der Waals surface area contributed by atoms with Crippen LogP contribution in [0.1, 0.15) is 26.2 Å². The van der Waals surface area contributed by atoms with Gasteiger partial charge in [0.1, 0.15) is 0 Å². The lowest BCUT2D eigenvalue weighted by atomic mass is 9.81. The standard InChI is InChI=1S/C8H15N/c1-5(9)8-4-6-2-7(8)3-6/h5-8H,2-4,9H2,1H3/t5-,6?,7?,8?/m0/s1. The molecule has 3 aliphatic carbocycles. The van der Waals surface area contributed by atoms with Gasteiger partial charge in [-0.2, -0.15) is 0 Å². The molecule has 0 amide bonds. The summed E-state index contributed by atoms with van der Waals surface area (Å²) in [6, 6.07) is 0.461. The van der Waals surface area contributed by atoms with Gasteiger partial charge >= 0.3 is 0 Å². The average Bonchev–Trinajstić information content (AvgIpc) is 2.12. The largest absolute Gasteiger partial charge is 0.328 e. The van der Waals surface area contributed by atoms with E-state index in [1.807, 2.05) is 0 Å². The van der Waals surface area contributed by atoms with E-state index in [0.717, 1.165) is 17.8 Å². The van der Waals surface area contributed by atoms with Crippen molar-refractivity contribution in [2.24, 2.45) is 23.5 Å². The SMILES string of the molecule is C[C@H](N)C1CC2CC1C2. The highest BCUT2D eigenvalue weighted by Crippen LogP contribution is 2.53. The molecule has 3 aliphatic rings. The van der Waals surface area contributed by atoms with E-state index in [0.29, 0.717) is 6.04 Å². The maximum absolute atomic E-state index is 5.81. The van der Waals surface area contributed by atoms with E-state index in [9.17, 15) is 0 Å². The van der Waals surface area contributed by atoms with Crippen molar-refractivity contribution in [3.8, 4) is 0 Å². The molecule has 2 bridgehead atoms. The summed E-state index contributed by atoms with van der Waals surface area (Å²) in [7, 11) is 0. The molecule has 1 nitrogen and oxygen atoms in total. The molecule has 9 heavy (non-hydrogen) atoms. The molecule has 0 aromatic heterocycles. The van der Waals surface area contributed by atoms with Crippen LogP contribution >= 0.6 is 0 Å². The number of hydrogen-bond donors (Lipinski definition) is 1. The molecule has 0 aromatic carbocycles. The Kier molecular flexibility index (Phi) is 1.10. The first-order chi connectivity index (χ1) is 4.27. The second-order valence-electron chi connectivity index (χ2n) is 3.86. The highest BCUT2D eigenvalue weighted by molar-refractivity contribution is 4.96.